The molecule has 3 rings (SSSR count). The van der Waals surface area contributed by atoms with Gasteiger partial charge in [-0.2, -0.15) is 5.10 Å². The summed E-state index contributed by atoms with van der Waals surface area (Å²) in [7, 11) is -0.576. The van der Waals surface area contributed by atoms with Gasteiger partial charge in [0, 0.05) is 42.7 Å². The number of aromatic nitrogens is 1. The SMILES string of the molecule is CN(C)S(=O)(=O)c1cccc(-c2csc(N/N=C/c3cccc([N+](=O)[O-])c3)n2)c1. The molecule has 2 aromatic carbocycles. The molecule has 0 aliphatic carbocycles. The normalized spacial score (nSPS) is 11.8. The van der Waals surface area contributed by atoms with Gasteiger partial charge in [0.25, 0.3) is 5.69 Å². The van der Waals surface area contributed by atoms with Crippen LogP contribution in [0.4, 0.5) is 10.8 Å². The van der Waals surface area contributed by atoms with Crippen molar-refractivity contribution in [3.8, 4) is 11.3 Å². The summed E-state index contributed by atoms with van der Waals surface area (Å²) in [5.41, 5.74) is 4.61. The first-order chi connectivity index (χ1) is 13.8. The Balaban J connectivity index is 1.75. The van der Waals surface area contributed by atoms with Crippen LogP contribution in [-0.4, -0.2) is 42.9 Å². The van der Waals surface area contributed by atoms with Gasteiger partial charge in [0.2, 0.25) is 15.2 Å². The molecule has 0 atom stereocenters. The minimum absolute atomic E-state index is 0.0157. The number of hydrazone groups is 1. The zero-order chi connectivity index (χ0) is 21.0. The Labute approximate surface area is 171 Å². The highest BCUT2D eigenvalue weighted by molar-refractivity contribution is 7.89. The largest absolute Gasteiger partial charge is 0.270 e. The van der Waals surface area contributed by atoms with Gasteiger partial charge in [0.1, 0.15) is 0 Å². The number of sulfonamides is 1. The van der Waals surface area contributed by atoms with Crippen LogP contribution in [0.1, 0.15) is 5.56 Å². The standard InChI is InChI=1S/C18H17N5O4S2/c1-22(2)29(26,27)16-8-4-6-14(10-16)17-12-28-18(20-17)21-19-11-13-5-3-7-15(9-13)23(24)25/h3-12H,1-2H3,(H,20,21)/b19-11+. The maximum atomic E-state index is 12.3. The maximum Gasteiger partial charge on any atom is 0.270 e. The number of nitro benzene ring substituents is 1. The predicted molar refractivity (Wildman–Crippen MR) is 113 cm³/mol. The minimum atomic E-state index is -3.53. The molecule has 0 bridgehead atoms. The number of non-ortho nitro benzene ring substituents is 1. The molecule has 150 valence electrons. The van der Waals surface area contributed by atoms with Gasteiger partial charge in [-0.1, -0.05) is 24.3 Å². The maximum absolute atomic E-state index is 12.3. The first-order valence-corrected chi connectivity index (χ1v) is 10.6. The fourth-order valence-corrected chi connectivity index (χ4v) is 3.98. The molecule has 3 aromatic rings. The first kappa shape index (κ1) is 20.6. The highest BCUT2D eigenvalue weighted by atomic mass is 32.2. The zero-order valence-corrected chi connectivity index (χ0v) is 17.1. The molecule has 0 spiro atoms. The van der Waals surface area contributed by atoms with Crippen LogP contribution >= 0.6 is 11.3 Å². The van der Waals surface area contributed by atoms with E-state index in [2.05, 4.69) is 15.5 Å². The number of hydrogen-bond acceptors (Lipinski definition) is 8. The van der Waals surface area contributed by atoms with E-state index in [9.17, 15) is 18.5 Å². The second-order valence-electron chi connectivity index (χ2n) is 6.08. The Morgan fingerprint density at radius 3 is 2.69 bits per heavy atom. The molecule has 11 heteroatoms. The zero-order valence-electron chi connectivity index (χ0n) is 15.5. The lowest BCUT2D eigenvalue weighted by Crippen LogP contribution is -2.22. The average molecular weight is 431 g/mol. The van der Waals surface area contributed by atoms with E-state index in [4.69, 9.17) is 0 Å². The Morgan fingerprint density at radius 1 is 1.21 bits per heavy atom. The molecule has 1 N–H and O–H groups in total. The lowest BCUT2D eigenvalue weighted by atomic mass is 10.2. The third-order valence-corrected chi connectivity index (χ3v) is 6.43. The van der Waals surface area contributed by atoms with Gasteiger partial charge in [-0.05, 0) is 12.1 Å². The summed E-state index contributed by atoms with van der Waals surface area (Å²) in [6, 6.07) is 12.6. The molecule has 29 heavy (non-hydrogen) atoms. The van der Waals surface area contributed by atoms with E-state index in [0.29, 0.717) is 22.0 Å². The van der Waals surface area contributed by atoms with Crippen LogP contribution in [0.25, 0.3) is 11.3 Å². The van der Waals surface area contributed by atoms with Crippen LogP contribution in [0.15, 0.2) is 63.9 Å². The van der Waals surface area contributed by atoms with Crippen LogP contribution in [0.3, 0.4) is 0 Å². The van der Waals surface area contributed by atoms with Crippen LogP contribution in [0, 0.1) is 10.1 Å². The van der Waals surface area contributed by atoms with E-state index < -0.39 is 14.9 Å². The molecule has 0 fully saturated rings. The second-order valence-corrected chi connectivity index (χ2v) is 9.09. The van der Waals surface area contributed by atoms with Crippen molar-refractivity contribution >= 4 is 38.4 Å². The highest BCUT2D eigenvalue weighted by Gasteiger charge is 2.18. The molecule has 1 aromatic heterocycles. The predicted octanol–water partition coefficient (Wildman–Crippen LogP) is 3.41. The number of rotatable bonds is 7. The number of nitrogens with one attached hydrogen (secondary N) is 1. The number of nitro groups is 1. The highest BCUT2D eigenvalue weighted by Crippen LogP contribution is 2.27. The Morgan fingerprint density at radius 2 is 1.97 bits per heavy atom. The third-order valence-electron chi connectivity index (χ3n) is 3.87. The molecular weight excluding hydrogens is 414 g/mol. The quantitative estimate of drug-likeness (QED) is 0.348. The number of nitrogens with zero attached hydrogens (tertiary/aromatic N) is 4. The van der Waals surface area contributed by atoms with Crippen molar-refractivity contribution in [2.75, 3.05) is 19.5 Å². The molecule has 0 saturated carbocycles. The van der Waals surface area contributed by atoms with Gasteiger partial charge in [-0.3, -0.25) is 15.5 Å². The summed E-state index contributed by atoms with van der Waals surface area (Å²) in [4.78, 5) is 14.9. The Kier molecular flexibility index (Phi) is 6.01. The van der Waals surface area contributed by atoms with Crippen molar-refractivity contribution in [2.24, 2.45) is 5.10 Å². The third kappa shape index (κ3) is 4.83. The summed E-state index contributed by atoms with van der Waals surface area (Å²) in [5.74, 6) is 0. The van der Waals surface area contributed by atoms with Crippen LogP contribution in [-0.2, 0) is 10.0 Å². The fourth-order valence-electron chi connectivity index (χ4n) is 2.37. The molecule has 0 radical (unpaired) electrons. The molecule has 0 aliphatic rings. The van der Waals surface area contributed by atoms with Gasteiger partial charge >= 0.3 is 0 Å². The Bertz CT molecular complexity index is 1170. The monoisotopic (exact) mass is 431 g/mol. The van der Waals surface area contributed by atoms with Gasteiger partial charge in [-0.25, -0.2) is 17.7 Å². The summed E-state index contributed by atoms with van der Waals surface area (Å²) in [5, 5.41) is 17.1. The van der Waals surface area contributed by atoms with Gasteiger partial charge in [-0.15, -0.1) is 11.3 Å². The number of benzene rings is 2. The Hall–Kier alpha value is -3.15. The summed E-state index contributed by atoms with van der Waals surface area (Å²) < 4.78 is 25.8. The van der Waals surface area contributed by atoms with Crippen molar-refractivity contribution in [3.63, 3.8) is 0 Å². The van der Waals surface area contributed by atoms with Gasteiger partial charge in [0.05, 0.1) is 21.7 Å². The molecule has 9 nitrogen and oxygen atoms in total. The van der Waals surface area contributed by atoms with Crippen LogP contribution in [0.2, 0.25) is 0 Å². The van der Waals surface area contributed by atoms with E-state index in [0.717, 1.165) is 4.31 Å². The molecule has 0 aliphatic heterocycles. The number of thiazole rings is 1. The molecule has 1 heterocycles. The van der Waals surface area contributed by atoms with Gasteiger partial charge < -0.3 is 0 Å². The minimum Gasteiger partial charge on any atom is -0.258 e. The molecule has 0 saturated heterocycles. The lowest BCUT2D eigenvalue weighted by molar-refractivity contribution is -0.384. The van der Waals surface area contributed by atoms with Crippen molar-refractivity contribution in [2.45, 2.75) is 4.90 Å². The van der Waals surface area contributed by atoms with E-state index in [1.54, 1.807) is 35.7 Å². The summed E-state index contributed by atoms with van der Waals surface area (Å²) in [6.07, 6.45) is 1.46. The second kappa shape index (κ2) is 8.47. The number of hydrogen-bond donors (Lipinski definition) is 1. The molecule has 0 unspecified atom stereocenters. The van der Waals surface area contributed by atoms with Crippen molar-refractivity contribution in [3.05, 3.63) is 69.6 Å². The van der Waals surface area contributed by atoms with E-state index in [-0.39, 0.29) is 10.6 Å². The summed E-state index contributed by atoms with van der Waals surface area (Å²) in [6.45, 7) is 0. The molecule has 0 amide bonds. The first-order valence-electron chi connectivity index (χ1n) is 8.29. The van der Waals surface area contributed by atoms with Crippen LogP contribution in [0.5, 0.6) is 0 Å². The summed E-state index contributed by atoms with van der Waals surface area (Å²) >= 11 is 1.30. The van der Waals surface area contributed by atoms with Crippen molar-refractivity contribution < 1.29 is 13.3 Å². The molecular formula is C18H17N5O4S2. The van der Waals surface area contributed by atoms with Crippen LogP contribution < -0.4 is 5.43 Å². The smallest absolute Gasteiger partial charge is 0.258 e. The fraction of sp³-hybridized carbons (Fsp3) is 0.111. The van der Waals surface area contributed by atoms with E-state index in [1.807, 2.05) is 0 Å². The van der Waals surface area contributed by atoms with E-state index in [1.165, 1.54) is 49.8 Å². The van der Waals surface area contributed by atoms with Crippen molar-refractivity contribution in [1.82, 2.24) is 9.29 Å². The average Bonchev–Trinajstić information content (AvgIpc) is 3.17. The van der Waals surface area contributed by atoms with Gasteiger partial charge in [0.15, 0.2) is 0 Å². The van der Waals surface area contributed by atoms with Crippen molar-refractivity contribution in [1.29, 1.82) is 0 Å². The topological polar surface area (TPSA) is 118 Å². The van der Waals surface area contributed by atoms with E-state index >= 15 is 0 Å². The lowest BCUT2D eigenvalue weighted by Gasteiger charge is -2.11. The number of anilines is 1.